The van der Waals surface area contributed by atoms with Gasteiger partial charge in [0.1, 0.15) is 5.60 Å². The van der Waals surface area contributed by atoms with Gasteiger partial charge in [0.15, 0.2) is 0 Å². The van der Waals surface area contributed by atoms with Gasteiger partial charge in [-0.1, -0.05) is 12.1 Å². The highest BCUT2D eigenvalue weighted by molar-refractivity contribution is 5.90. The van der Waals surface area contributed by atoms with E-state index >= 15 is 0 Å². The molecular weight excluding hydrogens is 280 g/mol. The van der Waals surface area contributed by atoms with Crippen molar-refractivity contribution < 1.29 is 14.3 Å². The molecule has 120 valence electrons. The smallest absolute Gasteiger partial charge is 0.414 e. The van der Waals surface area contributed by atoms with Crippen LogP contribution in [0.25, 0.3) is 0 Å². The Bertz CT molecular complexity index is 560. The minimum absolute atomic E-state index is 0.106. The topological polar surface area (TPSA) is 50.8 Å². The fourth-order valence-corrected chi connectivity index (χ4v) is 2.91. The van der Waals surface area contributed by atoms with Crippen molar-refractivity contribution in [2.75, 3.05) is 31.1 Å². The summed E-state index contributed by atoms with van der Waals surface area (Å²) in [7, 11) is 0. The molecule has 0 saturated carbocycles. The first-order valence-electron chi connectivity index (χ1n) is 7.90. The molecule has 5 heteroatoms. The number of amides is 1. The van der Waals surface area contributed by atoms with E-state index < -0.39 is 5.60 Å². The molecule has 0 bridgehead atoms. The van der Waals surface area contributed by atoms with Gasteiger partial charge in [0.05, 0.1) is 18.4 Å². The second-order valence-corrected chi connectivity index (χ2v) is 6.83. The van der Waals surface area contributed by atoms with E-state index in [1.54, 1.807) is 4.90 Å². The van der Waals surface area contributed by atoms with E-state index in [1.807, 2.05) is 26.8 Å². The lowest BCUT2D eigenvalue weighted by atomic mass is 10.0. The van der Waals surface area contributed by atoms with Gasteiger partial charge in [0, 0.05) is 19.6 Å². The molecule has 1 fully saturated rings. The SMILES string of the molecule is CC(C)(C)OC(=O)N1CCc2cc(C3CNCCO3)ccc21. The second-order valence-electron chi connectivity index (χ2n) is 6.83. The van der Waals surface area contributed by atoms with Crippen LogP contribution in [0.2, 0.25) is 0 Å². The number of benzene rings is 1. The summed E-state index contributed by atoms with van der Waals surface area (Å²) in [5.41, 5.74) is 2.86. The minimum atomic E-state index is -0.471. The van der Waals surface area contributed by atoms with Crippen LogP contribution in [0.5, 0.6) is 0 Å². The molecule has 0 radical (unpaired) electrons. The standard InChI is InChI=1S/C17H24N2O3/c1-17(2,3)22-16(20)19-8-6-12-10-13(4-5-14(12)19)15-11-18-7-9-21-15/h4-5,10,15,18H,6-9,11H2,1-3H3. The summed E-state index contributed by atoms with van der Waals surface area (Å²) in [6.07, 6.45) is 0.701. The van der Waals surface area contributed by atoms with Crippen molar-refractivity contribution in [3.8, 4) is 0 Å². The normalized spacial score (nSPS) is 21.6. The Labute approximate surface area is 131 Å². The summed E-state index contributed by atoms with van der Waals surface area (Å²) in [6.45, 7) is 8.83. The molecule has 2 heterocycles. The Balaban J connectivity index is 1.76. The number of hydrogen-bond acceptors (Lipinski definition) is 4. The molecule has 1 unspecified atom stereocenters. The zero-order valence-corrected chi connectivity index (χ0v) is 13.5. The first kappa shape index (κ1) is 15.3. The van der Waals surface area contributed by atoms with Gasteiger partial charge >= 0.3 is 6.09 Å². The molecule has 1 amide bonds. The van der Waals surface area contributed by atoms with E-state index in [4.69, 9.17) is 9.47 Å². The van der Waals surface area contributed by atoms with Crippen LogP contribution in [-0.2, 0) is 15.9 Å². The molecule has 3 rings (SSSR count). The summed E-state index contributed by atoms with van der Waals surface area (Å²) < 4.78 is 11.3. The van der Waals surface area contributed by atoms with Gasteiger partial charge in [0.2, 0.25) is 0 Å². The number of hydrogen-bond donors (Lipinski definition) is 1. The van der Waals surface area contributed by atoms with E-state index in [2.05, 4.69) is 17.4 Å². The van der Waals surface area contributed by atoms with Gasteiger partial charge in [-0.15, -0.1) is 0 Å². The number of carbonyl (C=O) groups excluding carboxylic acids is 1. The highest BCUT2D eigenvalue weighted by Crippen LogP contribution is 2.32. The zero-order chi connectivity index (χ0) is 15.7. The van der Waals surface area contributed by atoms with Crippen molar-refractivity contribution in [2.45, 2.75) is 38.9 Å². The van der Waals surface area contributed by atoms with E-state index in [0.717, 1.165) is 31.8 Å². The van der Waals surface area contributed by atoms with E-state index in [9.17, 15) is 4.79 Å². The van der Waals surface area contributed by atoms with Crippen molar-refractivity contribution in [3.63, 3.8) is 0 Å². The maximum absolute atomic E-state index is 12.3. The Hall–Kier alpha value is -1.59. The third kappa shape index (κ3) is 3.25. The summed E-state index contributed by atoms with van der Waals surface area (Å²) >= 11 is 0. The Morgan fingerprint density at radius 3 is 2.91 bits per heavy atom. The van der Waals surface area contributed by atoms with Crippen LogP contribution in [0.15, 0.2) is 18.2 Å². The van der Waals surface area contributed by atoms with Crippen LogP contribution in [0.4, 0.5) is 10.5 Å². The lowest BCUT2D eigenvalue weighted by Crippen LogP contribution is -2.35. The number of nitrogens with one attached hydrogen (secondary N) is 1. The van der Waals surface area contributed by atoms with Gasteiger partial charge in [-0.05, 0) is 44.4 Å². The lowest BCUT2D eigenvalue weighted by molar-refractivity contribution is 0.0277. The van der Waals surface area contributed by atoms with Crippen molar-refractivity contribution in [3.05, 3.63) is 29.3 Å². The minimum Gasteiger partial charge on any atom is -0.443 e. The number of anilines is 1. The van der Waals surface area contributed by atoms with Gasteiger partial charge in [-0.2, -0.15) is 0 Å². The first-order valence-corrected chi connectivity index (χ1v) is 7.90. The van der Waals surface area contributed by atoms with Crippen LogP contribution in [-0.4, -0.2) is 37.9 Å². The van der Waals surface area contributed by atoms with Crippen LogP contribution in [0.1, 0.15) is 38.0 Å². The number of fused-ring (bicyclic) bond motifs is 1. The third-order valence-corrected chi connectivity index (χ3v) is 3.91. The molecule has 0 aliphatic carbocycles. The number of morpholine rings is 1. The van der Waals surface area contributed by atoms with E-state index in [-0.39, 0.29) is 12.2 Å². The monoisotopic (exact) mass is 304 g/mol. The zero-order valence-electron chi connectivity index (χ0n) is 13.5. The molecule has 2 aliphatic heterocycles. The summed E-state index contributed by atoms with van der Waals surface area (Å²) in [4.78, 5) is 14.0. The fraction of sp³-hybridized carbons (Fsp3) is 0.588. The fourth-order valence-electron chi connectivity index (χ4n) is 2.91. The largest absolute Gasteiger partial charge is 0.443 e. The third-order valence-electron chi connectivity index (χ3n) is 3.91. The predicted octanol–water partition coefficient (Wildman–Crippen LogP) is 2.65. The van der Waals surface area contributed by atoms with E-state index in [1.165, 1.54) is 11.1 Å². The average Bonchev–Trinajstić information content (AvgIpc) is 2.89. The second kappa shape index (κ2) is 5.89. The predicted molar refractivity (Wildman–Crippen MR) is 85.3 cm³/mol. The quantitative estimate of drug-likeness (QED) is 0.866. The van der Waals surface area contributed by atoms with Gasteiger partial charge in [-0.3, -0.25) is 4.90 Å². The van der Waals surface area contributed by atoms with Gasteiger partial charge in [0.25, 0.3) is 0 Å². The van der Waals surface area contributed by atoms with Crippen molar-refractivity contribution in [1.82, 2.24) is 5.32 Å². The van der Waals surface area contributed by atoms with Crippen LogP contribution < -0.4 is 10.2 Å². The van der Waals surface area contributed by atoms with E-state index in [0.29, 0.717) is 6.54 Å². The van der Waals surface area contributed by atoms with Crippen molar-refractivity contribution in [1.29, 1.82) is 0 Å². The lowest BCUT2D eigenvalue weighted by Gasteiger charge is -2.26. The Kier molecular flexibility index (Phi) is 4.10. The van der Waals surface area contributed by atoms with Crippen molar-refractivity contribution in [2.24, 2.45) is 0 Å². The molecular formula is C17H24N2O3. The average molecular weight is 304 g/mol. The van der Waals surface area contributed by atoms with Crippen molar-refractivity contribution >= 4 is 11.8 Å². The maximum atomic E-state index is 12.3. The molecule has 1 saturated heterocycles. The van der Waals surface area contributed by atoms with Crippen LogP contribution in [0.3, 0.4) is 0 Å². The first-order chi connectivity index (χ1) is 10.4. The summed E-state index contributed by atoms with van der Waals surface area (Å²) in [5.74, 6) is 0. The Morgan fingerprint density at radius 1 is 1.41 bits per heavy atom. The Morgan fingerprint density at radius 2 is 2.23 bits per heavy atom. The summed E-state index contributed by atoms with van der Waals surface area (Å²) in [5, 5.41) is 3.34. The molecule has 0 aromatic heterocycles. The molecule has 1 atom stereocenters. The van der Waals surface area contributed by atoms with Crippen LogP contribution >= 0.6 is 0 Å². The number of ether oxygens (including phenoxy) is 2. The number of rotatable bonds is 1. The summed E-state index contributed by atoms with van der Waals surface area (Å²) in [6, 6.07) is 6.23. The van der Waals surface area contributed by atoms with Crippen LogP contribution in [0, 0.1) is 0 Å². The molecule has 2 aliphatic rings. The highest BCUT2D eigenvalue weighted by Gasteiger charge is 2.29. The molecule has 1 N–H and O–H groups in total. The number of carbonyl (C=O) groups is 1. The van der Waals surface area contributed by atoms with Gasteiger partial charge < -0.3 is 14.8 Å². The molecule has 1 aromatic rings. The van der Waals surface area contributed by atoms with Gasteiger partial charge in [-0.25, -0.2) is 4.79 Å². The number of nitrogens with zero attached hydrogens (tertiary/aromatic N) is 1. The maximum Gasteiger partial charge on any atom is 0.414 e. The molecule has 1 aromatic carbocycles. The highest BCUT2D eigenvalue weighted by atomic mass is 16.6. The molecule has 22 heavy (non-hydrogen) atoms. The molecule has 0 spiro atoms. The molecule has 5 nitrogen and oxygen atoms in total.